The van der Waals surface area contributed by atoms with Gasteiger partial charge in [-0.05, 0) is 43.7 Å². The van der Waals surface area contributed by atoms with Crippen LogP contribution in [0, 0.1) is 5.92 Å². The van der Waals surface area contributed by atoms with Crippen LogP contribution < -0.4 is 0 Å². The normalized spacial score (nSPS) is 21.7. The molecule has 1 aromatic rings. The Morgan fingerprint density at radius 2 is 2.26 bits per heavy atom. The number of rotatable bonds is 5. The van der Waals surface area contributed by atoms with E-state index < -0.39 is 10.0 Å². The average Bonchev–Trinajstić information content (AvgIpc) is 2.89. The largest absolute Gasteiger partial charge is 0.252 e. The van der Waals surface area contributed by atoms with Crippen molar-refractivity contribution in [3.63, 3.8) is 0 Å². The Bertz CT molecular complexity index is 510. The number of hydrogen-bond acceptors (Lipinski definition) is 3. The van der Waals surface area contributed by atoms with Crippen molar-refractivity contribution in [3.05, 3.63) is 17.0 Å². The first-order valence-corrected chi connectivity index (χ1v) is 10.1. The third-order valence-corrected chi connectivity index (χ3v) is 7.60. The summed E-state index contributed by atoms with van der Waals surface area (Å²) in [7, 11) is -3.27. The molecule has 1 saturated heterocycles. The molecule has 0 N–H and O–H groups in total. The van der Waals surface area contributed by atoms with Gasteiger partial charge in [-0.25, -0.2) is 8.42 Å². The minimum atomic E-state index is -3.27. The van der Waals surface area contributed by atoms with Crippen LogP contribution in [-0.4, -0.2) is 31.1 Å². The number of sulfonamides is 1. The number of hydrogen-bond donors (Lipinski definition) is 0. The zero-order valence-corrected chi connectivity index (χ0v) is 14.4. The van der Waals surface area contributed by atoms with E-state index in [2.05, 4.69) is 22.9 Å². The molecule has 108 valence electrons. The molecule has 1 unspecified atom stereocenters. The van der Waals surface area contributed by atoms with E-state index >= 15 is 0 Å². The molecule has 0 radical (unpaired) electrons. The molecule has 19 heavy (non-hydrogen) atoms. The lowest BCUT2D eigenvalue weighted by molar-refractivity contribution is 0.263. The monoisotopic (exact) mass is 365 g/mol. The highest BCUT2D eigenvalue weighted by atomic mass is 79.9. The van der Waals surface area contributed by atoms with Gasteiger partial charge in [-0.1, -0.05) is 22.9 Å². The van der Waals surface area contributed by atoms with Crippen molar-refractivity contribution in [2.75, 3.05) is 18.4 Å². The van der Waals surface area contributed by atoms with Crippen molar-refractivity contribution in [1.29, 1.82) is 0 Å². The predicted octanol–water partition coefficient (Wildman–Crippen LogP) is 3.50. The van der Waals surface area contributed by atoms with E-state index in [9.17, 15) is 8.42 Å². The fourth-order valence-electron chi connectivity index (χ4n) is 2.45. The van der Waals surface area contributed by atoms with Crippen molar-refractivity contribution in [3.8, 4) is 0 Å². The number of thiophene rings is 1. The summed E-state index contributed by atoms with van der Waals surface area (Å²) in [5, 5.41) is 0.949. The van der Waals surface area contributed by atoms with Crippen molar-refractivity contribution in [2.24, 2.45) is 5.92 Å². The molecule has 2 rings (SSSR count). The molecule has 0 amide bonds. The Kier molecular flexibility index (Phi) is 5.45. The third-order valence-electron chi connectivity index (χ3n) is 3.58. The molecule has 1 aromatic heterocycles. The number of alkyl halides is 1. The van der Waals surface area contributed by atoms with E-state index in [-0.39, 0.29) is 0 Å². The summed E-state index contributed by atoms with van der Waals surface area (Å²) in [6, 6.07) is 3.68. The van der Waals surface area contributed by atoms with Gasteiger partial charge in [0.25, 0.3) is 10.0 Å². The molecule has 0 bridgehead atoms. The molecule has 0 aromatic carbocycles. The van der Waals surface area contributed by atoms with Gasteiger partial charge in [0.1, 0.15) is 4.21 Å². The van der Waals surface area contributed by atoms with Crippen LogP contribution in [0.4, 0.5) is 0 Å². The minimum Gasteiger partial charge on any atom is -0.206 e. The van der Waals surface area contributed by atoms with Crippen molar-refractivity contribution in [1.82, 2.24) is 4.31 Å². The van der Waals surface area contributed by atoms with Crippen LogP contribution in [0.15, 0.2) is 16.3 Å². The first-order valence-electron chi connectivity index (χ1n) is 6.72. The van der Waals surface area contributed by atoms with Gasteiger partial charge in [0, 0.05) is 23.3 Å². The van der Waals surface area contributed by atoms with Crippen molar-refractivity contribution in [2.45, 2.75) is 36.8 Å². The van der Waals surface area contributed by atoms with Gasteiger partial charge in [-0.3, -0.25) is 0 Å². The smallest absolute Gasteiger partial charge is 0.206 e. The van der Waals surface area contributed by atoms with Crippen LogP contribution in [0.3, 0.4) is 0 Å². The quantitative estimate of drug-likeness (QED) is 0.748. The summed E-state index contributed by atoms with van der Waals surface area (Å²) >= 11 is 4.86. The van der Waals surface area contributed by atoms with Gasteiger partial charge < -0.3 is 0 Å². The molecular weight excluding hydrogens is 346 g/mol. The second-order valence-electron chi connectivity index (χ2n) is 4.92. The zero-order chi connectivity index (χ0) is 13.9. The second-order valence-corrected chi connectivity index (χ2v) is 9.05. The maximum atomic E-state index is 12.6. The van der Waals surface area contributed by atoms with Gasteiger partial charge in [0.05, 0.1) is 0 Å². The Hall–Kier alpha value is 0.0900. The standard InChI is InChI=1S/C13H20BrNO2S2/c1-2-12-5-6-13(18-12)19(16,17)15-9-3-4-11(10-15)7-8-14/h5-6,11H,2-4,7-10H2,1H3. The highest BCUT2D eigenvalue weighted by Gasteiger charge is 2.30. The molecular formula is C13H20BrNO2S2. The van der Waals surface area contributed by atoms with Crippen molar-refractivity contribution >= 4 is 37.3 Å². The van der Waals surface area contributed by atoms with Crippen LogP contribution in [0.5, 0.6) is 0 Å². The summed E-state index contributed by atoms with van der Waals surface area (Å²) < 4.78 is 27.4. The lowest BCUT2D eigenvalue weighted by atomic mass is 9.97. The topological polar surface area (TPSA) is 37.4 Å². The first-order chi connectivity index (χ1) is 9.07. The van der Waals surface area contributed by atoms with Gasteiger partial charge in [-0.2, -0.15) is 4.31 Å². The Morgan fingerprint density at radius 3 is 2.89 bits per heavy atom. The molecule has 2 heterocycles. The maximum Gasteiger partial charge on any atom is 0.252 e. The molecule has 1 fully saturated rings. The van der Waals surface area contributed by atoms with Crippen LogP contribution in [-0.2, 0) is 16.4 Å². The predicted molar refractivity (Wildman–Crippen MR) is 83.6 cm³/mol. The molecule has 0 saturated carbocycles. The molecule has 1 aliphatic heterocycles. The average molecular weight is 366 g/mol. The van der Waals surface area contributed by atoms with E-state index in [0.717, 1.165) is 35.9 Å². The number of nitrogens with zero attached hydrogens (tertiary/aromatic N) is 1. The Balaban J connectivity index is 2.14. The fourth-order valence-corrected chi connectivity index (χ4v) is 6.10. The van der Waals surface area contributed by atoms with E-state index in [1.165, 1.54) is 11.3 Å². The summed E-state index contributed by atoms with van der Waals surface area (Å²) in [4.78, 5) is 1.13. The summed E-state index contributed by atoms with van der Waals surface area (Å²) in [6.45, 7) is 3.39. The summed E-state index contributed by atoms with van der Waals surface area (Å²) in [6.07, 6.45) is 4.06. The zero-order valence-electron chi connectivity index (χ0n) is 11.1. The number of halogens is 1. The van der Waals surface area contributed by atoms with E-state index in [0.29, 0.717) is 23.2 Å². The molecule has 6 heteroatoms. The lowest BCUT2D eigenvalue weighted by Gasteiger charge is -2.31. The summed E-state index contributed by atoms with van der Waals surface area (Å²) in [5.74, 6) is 0.494. The Morgan fingerprint density at radius 1 is 1.47 bits per heavy atom. The summed E-state index contributed by atoms with van der Waals surface area (Å²) in [5.41, 5.74) is 0. The van der Waals surface area contributed by atoms with Gasteiger partial charge in [-0.15, -0.1) is 11.3 Å². The maximum absolute atomic E-state index is 12.6. The van der Waals surface area contributed by atoms with E-state index in [4.69, 9.17) is 0 Å². The van der Waals surface area contributed by atoms with Gasteiger partial charge in [0.15, 0.2) is 0 Å². The van der Waals surface area contributed by atoms with Crippen LogP contribution in [0.2, 0.25) is 0 Å². The first kappa shape index (κ1) is 15.5. The van der Waals surface area contributed by atoms with Crippen LogP contribution in [0.1, 0.15) is 31.1 Å². The second kappa shape index (κ2) is 6.70. The SMILES string of the molecule is CCc1ccc(S(=O)(=O)N2CCCC(CCBr)C2)s1. The highest BCUT2D eigenvalue weighted by Crippen LogP contribution is 2.29. The van der Waals surface area contributed by atoms with Crippen LogP contribution >= 0.6 is 27.3 Å². The molecule has 3 nitrogen and oxygen atoms in total. The number of piperidine rings is 1. The van der Waals surface area contributed by atoms with Gasteiger partial charge in [0.2, 0.25) is 0 Å². The lowest BCUT2D eigenvalue weighted by Crippen LogP contribution is -2.39. The molecule has 1 atom stereocenters. The molecule has 0 aliphatic carbocycles. The van der Waals surface area contributed by atoms with Crippen LogP contribution in [0.25, 0.3) is 0 Å². The molecule has 0 spiro atoms. The number of aryl methyl sites for hydroxylation is 1. The van der Waals surface area contributed by atoms with E-state index in [1.54, 1.807) is 10.4 Å². The minimum absolute atomic E-state index is 0.494. The van der Waals surface area contributed by atoms with Gasteiger partial charge >= 0.3 is 0 Å². The van der Waals surface area contributed by atoms with E-state index in [1.807, 2.05) is 6.07 Å². The highest BCUT2D eigenvalue weighted by molar-refractivity contribution is 9.09. The Labute approximate surface area is 128 Å². The third kappa shape index (κ3) is 3.60. The van der Waals surface area contributed by atoms with Crippen molar-refractivity contribution < 1.29 is 8.42 Å². The molecule has 1 aliphatic rings. The fraction of sp³-hybridized carbons (Fsp3) is 0.692.